The van der Waals surface area contributed by atoms with Crippen molar-refractivity contribution in [2.45, 2.75) is 45.5 Å². The van der Waals surface area contributed by atoms with Crippen molar-refractivity contribution in [1.82, 2.24) is 0 Å². The summed E-state index contributed by atoms with van der Waals surface area (Å²) in [4.78, 5) is 0. The van der Waals surface area contributed by atoms with Gasteiger partial charge in [0.1, 0.15) is 6.61 Å². The van der Waals surface area contributed by atoms with Crippen molar-refractivity contribution in [3.05, 3.63) is 53.6 Å². The van der Waals surface area contributed by atoms with Gasteiger partial charge in [-0.3, -0.25) is 0 Å². The van der Waals surface area contributed by atoms with E-state index in [4.69, 9.17) is 24.0 Å². The summed E-state index contributed by atoms with van der Waals surface area (Å²) >= 11 is 0. The van der Waals surface area contributed by atoms with E-state index in [9.17, 15) is 0 Å². The smallest absolute Gasteiger partial charge is 0.493 e. The molecule has 0 spiro atoms. The van der Waals surface area contributed by atoms with E-state index in [1.54, 1.807) is 19.2 Å². The zero-order chi connectivity index (χ0) is 19.7. The van der Waals surface area contributed by atoms with Gasteiger partial charge in [-0.25, -0.2) is 0 Å². The minimum absolute atomic E-state index is 0.387. The van der Waals surface area contributed by atoms with Gasteiger partial charge in [0, 0.05) is 0 Å². The molecule has 1 fully saturated rings. The molecule has 0 radical (unpaired) electrons. The third-order valence-corrected chi connectivity index (χ3v) is 5.19. The predicted molar refractivity (Wildman–Crippen MR) is 104 cm³/mol. The lowest BCUT2D eigenvalue weighted by molar-refractivity contribution is 0.00578. The molecule has 0 amide bonds. The van der Waals surface area contributed by atoms with Gasteiger partial charge in [0.15, 0.2) is 11.5 Å². The van der Waals surface area contributed by atoms with Crippen LogP contribution in [0.25, 0.3) is 0 Å². The molecular formula is C21H24BNO4. The molecule has 0 aliphatic carbocycles. The average Bonchev–Trinajstić information content (AvgIpc) is 2.87. The van der Waals surface area contributed by atoms with Crippen LogP contribution in [0.2, 0.25) is 0 Å². The molecule has 0 bridgehead atoms. The Labute approximate surface area is 161 Å². The maximum Gasteiger partial charge on any atom is 0.494 e. The quantitative estimate of drug-likeness (QED) is 0.760. The number of hydrogen-bond donors (Lipinski definition) is 0. The molecular weight excluding hydrogens is 341 g/mol. The number of ether oxygens (including phenoxy) is 2. The Balaban J connectivity index is 1.74. The molecule has 0 atom stereocenters. The molecule has 1 heterocycles. The maximum absolute atomic E-state index is 8.87. The fraction of sp³-hybridized carbons (Fsp3) is 0.381. The summed E-state index contributed by atoms with van der Waals surface area (Å²) in [6, 6.07) is 15.1. The highest BCUT2D eigenvalue weighted by atomic mass is 16.7. The Kier molecular flexibility index (Phi) is 5.19. The van der Waals surface area contributed by atoms with Crippen LogP contribution < -0.4 is 14.9 Å². The lowest BCUT2D eigenvalue weighted by Crippen LogP contribution is -2.41. The molecule has 5 nitrogen and oxygen atoms in total. The Morgan fingerprint density at radius 3 is 2.15 bits per heavy atom. The monoisotopic (exact) mass is 365 g/mol. The number of nitriles is 1. The Bertz CT molecular complexity index is 839. The van der Waals surface area contributed by atoms with Crippen molar-refractivity contribution >= 4 is 12.6 Å². The summed E-state index contributed by atoms with van der Waals surface area (Å²) in [5.41, 5.74) is 1.70. The number of rotatable bonds is 5. The predicted octanol–water partition coefficient (Wildman–Crippen LogP) is 3.45. The minimum Gasteiger partial charge on any atom is -0.493 e. The van der Waals surface area contributed by atoms with Crippen molar-refractivity contribution in [2.75, 3.05) is 7.11 Å². The summed E-state index contributed by atoms with van der Waals surface area (Å²) in [6.45, 7) is 8.50. The molecule has 27 heavy (non-hydrogen) atoms. The van der Waals surface area contributed by atoms with Crippen LogP contribution in [0, 0.1) is 11.3 Å². The maximum atomic E-state index is 8.87. The molecule has 1 aliphatic rings. The lowest BCUT2D eigenvalue weighted by atomic mass is 9.79. The molecule has 2 aromatic rings. The molecule has 0 saturated carbocycles. The topological polar surface area (TPSA) is 60.7 Å². The van der Waals surface area contributed by atoms with Gasteiger partial charge in [0.05, 0.1) is 29.9 Å². The Morgan fingerprint density at radius 1 is 0.963 bits per heavy atom. The Morgan fingerprint density at radius 2 is 1.59 bits per heavy atom. The molecule has 0 unspecified atom stereocenters. The number of methoxy groups -OCH3 is 1. The minimum atomic E-state index is -0.448. The Hall–Kier alpha value is -2.49. The van der Waals surface area contributed by atoms with Gasteiger partial charge >= 0.3 is 7.12 Å². The largest absolute Gasteiger partial charge is 0.494 e. The summed E-state index contributed by atoms with van der Waals surface area (Å²) < 4.78 is 23.6. The van der Waals surface area contributed by atoms with E-state index in [-0.39, 0.29) is 0 Å². The van der Waals surface area contributed by atoms with Gasteiger partial charge in [0.2, 0.25) is 0 Å². The SMILES string of the molecule is COc1cc(B2OC(C)(C)C(C)(C)O2)ccc1OCc1ccc(C#N)cc1. The number of hydrogen-bond acceptors (Lipinski definition) is 5. The highest BCUT2D eigenvalue weighted by molar-refractivity contribution is 6.62. The first kappa shape index (κ1) is 19.3. The standard InChI is InChI=1S/C21H24BNO4/c1-20(2)21(3,4)27-22(26-20)17-10-11-18(19(12-17)24-5)25-14-16-8-6-15(13-23)7-9-16/h6-12H,14H2,1-5H3. The van der Waals surface area contributed by atoms with Crippen LogP contribution in [0.5, 0.6) is 11.5 Å². The van der Waals surface area contributed by atoms with E-state index in [0.717, 1.165) is 11.0 Å². The summed E-state index contributed by atoms with van der Waals surface area (Å²) in [6.07, 6.45) is 0. The molecule has 1 aliphatic heterocycles. The highest BCUT2D eigenvalue weighted by Crippen LogP contribution is 2.37. The van der Waals surface area contributed by atoms with Crippen LogP contribution in [-0.2, 0) is 15.9 Å². The second kappa shape index (κ2) is 7.26. The first-order chi connectivity index (χ1) is 12.8. The van der Waals surface area contributed by atoms with Crippen molar-refractivity contribution in [2.24, 2.45) is 0 Å². The van der Waals surface area contributed by atoms with Gasteiger partial charge < -0.3 is 18.8 Å². The van der Waals surface area contributed by atoms with E-state index in [1.807, 2.05) is 58.0 Å². The van der Waals surface area contributed by atoms with Crippen molar-refractivity contribution in [1.29, 1.82) is 5.26 Å². The molecule has 140 valence electrons. The second-order valence-electron chi connectivity index (χ2n) is 7.60. The average molecular weight is 365 g/mol. The summed E-state index contributed by atoms with van der Waals surface area (Å²) in [5, 5.41) is 8.87. The summed E-state index contributed by atoms with van der Waals surface area (Å²) in [5.74, 6) is 1.26. The normalized spacial score (nSPS) is 17.4. The van der Waals surface area contributed by atoms with E-state index in [2.05, 4.69) is 6.07 Å². The third-order valence-electron chi connectivity index (χ3n) is 5.19. The zero-order valence-corrected chi connectivity index (χ0v) is 16.4. The van der Waals surface area contributed by atoms with Gasteiger partial charge in [-0.2, -0.15) is 5.26 Å². The van der Waals surface area contributed by atoms with Crippen LogP contribution in [0.15, 0.2) is 42.5 Å². The molecule has 0 aromatic heterocycles. The van der Waals surface area contributed by atoms with E-state index in [0.29, 0.717) is 23.7 Å². The first-order valence-electron chi connectivity index (χ1n) is 8.91. The highest BCUT2D eigenvalue weighted by Gasteiger charge is 2.51. The fourth-order valence-corrected chi connectivity index (χ4v) is 2.77. The van der Waals surface area contributed by atoms with Crippen molar-refractivity contribution in [3.8, 4) is 17.6 Å². The van der Waals surface area contributed by atoms with Crippen LogP contribution in [0.4, 0.5) is 0 Å². The number of benzene rings is 2. The van der Waals surface area contributed by atoms with Gasteiger partial charge in [-0.05, 0) is 63.0 Å². The number of nitrogens with zero attached hydrogens (tertiary/aromatic N) is 1. The second-order valence-corrected chi connectivity index (χ2v) is 7.60. The van der Waals surface area contributed by atoms with Gasteiger partial charge in [-0.1, -0.05) is 18.2 Å². The molecule has 3 rings (SSSR count). The van der Waals surface area contributed by atoms with E-state index >= 15 is 0 Å². The first-order valence-corrected chi connectivity index (χ1v) is 8.91. The van der Waals surface area contributed by atoms with Crippen LogP contribution >= 0.6 is 0 Å². The van der Waals surface area contributed by atoms with Crippen LogP contribution in [0.1, 0.15) is 38.8 Å². The van der Waals surface area contributed by atoms with Gasteiger partial charge in [-0.15, -0.1) is 0 Å². The lowest BCUT2D eigenvalue weighted by Gasteiger charge is -2.32. The molecule has 6 heteroatoms. The summed E-state index contributed by atoms with van der Waals surface area (Å²) in [7, 11) is 1.16. The van der Waals surface area contributed by atoms with Crippen LogP contribution in [0.3, 0.4) is 0 Å². The molecule has 2 aromatic carbocycles. The van der Waals surface area contributed by atoms with Crippen molar-refractivity contribution < 1.29 is 18.8 Å². The van der Waals surface area contributed by atoms with Gasteiger partial charge in [0.25, 0.3) is 0 Å². The molecule has 0 N–H and O–H groups in total. The van der Waals surface area contributed by atoms with Crippen LogP contribution in [-0.4, -0.2) is 25.4 Å². The zero-order valence-electron chi connectivity index (χ0n) is 16.4. The van der Waals surface area contributed by atoms with E-state index < -0.39 is 18.3 Å². The fourth-order valence-electron chi connectivity index (χ4n) is 2.77. The third kappa shape index (κ3) is 3.95. The molecule has 1 saturated heterocycles. The van der Waals surface area contributed by atoms with E-state index in [1.165, 1.54) is 0 Å². The van der Waals surface area contributed by atoms with Crippen molar-refractivity contribution in [3.63, 3.8) is 0 Å².